The fraction of sp³-hybridized carbons (Fsp3) is 0.118. The maximum Gasteiger partial charge on any atom is 0.353 e. The summed E-state index contributed by atoms with van der Waals surface area (Å²) in [5.41, 5.74) is 4.53. The second-order valence-electron chi connectivity index (χ2n) is 5.22. The van der Waals surface area contributed by atoms with Crippen molar-refractivity contribution >= 4 is 24.2 Å². The van der Waals surface area contributed by atoms with E-state index < -0.39 is 7.60 Å². The van der Waals surface area contributed by atoms with Crippen molar-refractivity contribution in [2.45, 2.75) is 6.16 Å². The van der Waals surface area contributed by atoms with Crippen molar-refractivity contribution in [1.29, 1.82) is 0 Å². The first-order valence-electron chi connectivity index (χ1n) is 7.30. The van der Waals surface area contributed by atoms with Gasteiger partial charge >= 0.3 is 7.60 Å². The minimum atomic E-state index is -3.88. The quantitative estimate of drug-likeness (QED) is 0.520. The zero-order chi connectivity index (χ0) is 17.0. The largest absolute Gasteiger partial charge is 0.495 e. The van der Waals surface area contributed by atoms with Crippen molar-refractivity contribution in [3.8, 4) is 5.75 Å². The lowest BCUT2D eigenvalue weighted by molar-refractivity contribution is 0.308. The van der Waals surface area contributed by atoms with Gasteiger partial charge in [0, 0.05) is 11.6 Å². The Labute approximate surface area is 139 Å². The molecule has 6 nitrogen and oxygen atoms in total. The molecule has 3 aromatic rings. The molecule has 0 saturated heterocycles. The van der Waals surface area contributed by atoms with Crippen LogP contribution in [0.5, 0.6) is 5.75 Å². The Morgan fingerprint density at radius 1 is 1.17 bits per heavy atom. The molecule has 3 rings (SSSR count). The zero-order valence-electron chi connectivity index (χ0n) is 13.0. The molecule has 1 atom stereocenters. The van der Waals surface area contributed by atoms with E-state index >= 15 is 0 Å². The Hall–Kier alpha value is -2.40. The second-order valence-corrected chi connectivity index (χ2v) is 6.99. The van der Waals surface area contributed by atoms with Gasteiger partial charge in [0.15, 0.2) is 0 Å². The van der Waals surface area contributed by atoms with Crippen LogP contribution in [0.25, 0.3) is 10.9 Å². The Morgan fingerprint density at radius 2 is 2.00 bits per heavy atom. The van der Waals surface area contributed by atoms with Gasteiger partial charge in [0.25, 0.3) is 0 Å². The molecular weight excluding hydrogens is 327 g/mol. The third kappa shape index (κ3) is 3.92. The highest BCUT2D eigenvalue weighted by molar-refractivity contribution is 7.52. The minimum Gasteiger partial charge on any atom is -0.495 e. The van der Waals surface area contributed by atoms with Crippen molar-refractivity contribution in [2.24, 2.45) is 0 Å². The number of hydrogen-bond acceptors (Lipinski definition) is 5. The van der Waals surface area contributed by atoms with Gasteiger partial charge < -0.3 is 9.63 Å². The van der Waals surface area contributed by atoms with Crippen LogP contribution < -0.4 is 10.2 Å². The highest BCUT2D eigenvalue weighted by Crippen LogP contribution is 2.46. The summed E-state index contributed by atoms with van der Waals surface area (Å²) in [5, 5.41) is 0.910. The lowest BCUT2D eigenvalue weighted by atomic mass is 10.1. The Morgan fingerprint density at radius 3 is 2.83 bits per heavy atom. The van der Waals surface area contributed by atoms with E-state index in [4.69, 9.17) is 9.36 Å². The smallest absolute Gasteiger partial charge is 0.353 e. The van der Waals surface area contributed by atoms with Gasteiger partial charge in [-0.15, -0.1) is 0 Å². The molecule has 24 heavy (non-hydrogen) atoms. The number of methoxy groups -OCH3 is 1. The summed E-state index contributed by atoms with van der Waals surface area (Å²) in [7, 11) is -2.36. The van der Waals surface area contributed by atoms with Crippen LogP contribution >= 0.6 is 7.60 Å². The van der Waals surface area contributed by atoms with Gasteiger partial charge in [0.1, 0.15) is 11.4 Å². The summed E-state index contributed by atoms with van der Waals surface area (Å²) in [6.07, 6.45) is 1.60. The van der Waals surface area contributed by atoms with Gasteiger partial charge in [0.2, 0.25) is 0 Å². The molecule has 0 spiro atoms. The summed E-state index contributed by atoms with van der Waals surface area (Å²) in [6.45, 7) is 0. The molecule has 0 aliphatic carbocycles. The van der Waals surface area contributed by atoms with Crippen molar-refractivity contribution in [2.75, 3.05) is 12.6 Å². The van der Waals surface area contributed by atoms with Gasteiger partial charge in [-0.05, 0) is 35.9 Å². The normalized spacial score (nSPS) is 13.4. The number of hydrogen-bond donors (Lipinski definition) is 2. The van der Waals surface area contributed by atoms with Crippen LogP contribution in [0.2, 0.25) is 0 Å². The van der Waals surface area contributed by atoms with E-state index in [1.807, 2.05) is 24.3 Å². The first-order chi connectivity index (χ1) is 11.6. The molecule has 1 unspecified atom stereocenters. The lowest BCUT2D eigenvalue weighted by Gasteiger charge is -2.15. The SMILES string of the molecule is COc1ccccc1NOP(=O)(O)Cc1ccc2ncccc2c1. The molecule has 124 valence electrons. The molecule has 1 heterocycles. The summed E-state index contributed by atoms with van der Waals surface area (Å²) >= 11 is 0. The molecule has 0 saturated carbocycles. The third-order valence-corrected chi connectivity index (χ3v) is 4.60. The highest BCUT2D eigenvalue weighted by atomic mass is 31.2. The summed E-state index contributed by atoms with van der Waals surface area (Å²) in [6, 6.07) is 16.1. The van der Waals surface area contributed by atoms with Crippen LogP contribution in [0.1, 0.15) is 5.56 Å². The van der Waals surface area contributed by atoms with Gasteiger partial charge in [0.05, 0.1) is 18.8 Å². The Balaban J connectivity index is 1.71. The molecule has 0 aliphatic rings. The van der Waals surface area contributed by atoms with E-state index in [1.165, 1.54) is 7.11 Å². The van der Waals surface area contributed by atoms with E-state index in [0.717, 1.165) is 10.9 Å². The van der Waals surface area contributed by atoms with Crippen molar-refractivity contribution in [1.82, 2.24) is 4.98 Å². The summed E-state index contributed by atoms with van der Waals surface area (Å²) in [5.74, 6) is 0.522. The van der Waals surface area contributed by atoms with Crippen LogP contribution in [0.4, 0.5) is 5.69 Å². The number of ether oxygens (including phenoxy) is 1. The molecule has 0 radical (unpaired) electrons. The maximum atomic E-state index is 12.3. The number of fused-ring (bicyclic) bond motifs is 1. The van der Waals surface area contributed by atoms with E-state index in [9.17, 15) is 9.46 Å². The minimum absolute atomic E-state index is 0.111. The van der Waals surface area contributed by atoms with Crippen LogP contribution in [-0.4, -0.2) is 17.0 Å². The molecule has 0 aliphatic heterocycles. The topological polar surface area (TPSA) is 80.7 Å². The third-order valence-electron chi connectivity index (χ3n) is 3.46. The molecule has 7 heteroatoms. The standard InChI is InChI=1S/C17H17N2O4P/c1-22-17-7-3-2-6-16(17)19-23-24(20,21)12-13-8-9-15-14(11-13)5-4-10-18-15/h2-11,19H,12H2,1H3,(H,20,21). The van der Waals surface area contributed by atoms with E-state index in [1.54, 1.807) is 36.5 Å². The first kappa shape index (κ1) is 16.5. The number of rotatable bonds is 6. The molecule has 0 fully saturated rings. The number of aromatic nitrogens is 1. The summed E-state index contributed by atoms with van der Waals surface area (Å²) in [4.78, 5) is 14.3. The Bertz CT molecular complexity index is 900. The number of nitrogens with zero attached hydrogens (tertiary/aromatic N) is 1. The monoisotopic (exact) mass is 344 g/mol. The van der Waals surface area contributed by atoms with Gasteiger partial charge in [-0.25, -0.2) is 0 Å². The lowest BCUT2D eigenvalue weighted by Crippen LogP contribution is -2.03. The maximum absolute atomic E-state index is 12.3. The van der Waals surface area contributed by atoms with Gasteiger partial charge in [-0.1, -0.05) is 24.3 Å². The highest BCUT2D eigenvalue weighted by Gasteiger charge is 2.21. The Kier molecular flexibility index (Phi) is 4.81. The van der Waals surface area contributed by atoms with Crippen LogP contribution in [0, 0.1) is 0 Å². The number of pyridine rings is 1. The fourth-order valence-corrected chi connectivity index (χ4v) is 3.30. The van der Waals surface area contributed by atoms with Crippen LogP contribution in [-0.2, 0) is 15.4 Å². The number of benzene rings is 2. The molecule has 1 aromatic heterocycles. The molecular formula is C17H17N2O4P. The molecule has 2 N–H and O–H groups in total. The predicted octanol–water partition coefficient (Wildman–Crippen LogP) is 3.97. The van der Waals surface area contributed by atoms with Crippen molar-refractivity contribution < 1.29 is 18.8 Å². The number of para-hydroxylation sites is 2. The molecule has 2 aromatic carbocycles. The molecule has 0 amide bonds. The van der Waals surface area contributed by atoms with E-state index in [2.05, 4.69) is 10.5 Å². The van der Waals surface area contributed by atoms with Crippen molar-refractivity contribution in [3.05, 3.63) is 66.4 Å². The number of nitrogens with one attached hydrogen (secondary N) is 1. The van der Waals surface area contributed by atoms with Crippen LogP contribution in [0.3, 0.4) is 0 Å². The predicted molar refractivity (Wildman–Crippen MR) is 93.0 cm³/mol. The van der Waals surface area contributed by atoms with E-state index in [-0.39, 0.29) is 6.16 Å². The van der Waals surface area contributed by atoms with Crippen LogP contribution in [0.15, 0.2) is 60.8 Å². The fourth-order valence-electron chi connectivity index (χ4n) is 2.34. The number of anilines is 1. The van der Waals surface area contributed by atoms with Crippen molar-refractivity contribution in [3.63, 3.8) is 0 Å². The van der Waals surface area contributed by atoms with Gasteiger partial charge in [-0.3, -0.25) is 15.0 Å². The molecule has 0 bridgehead atoms. The summed E-state index contributed by atoms with van der Waals surface area (Å²) < 4.78 is 22.5. The average molecular weight is 344 g/mol. The average Bonchev–Trinajstić information content (AvgIpc) is 2.60. The second kappa shape index (κ2) is 7.01. The zero-order valence-corrected chi connectivity index (χ0v) is 13.9. The van der Waals surface area contributed by atoms with Gasteiger partial charge in [-0.2, -0.15) is 4.62 Å². The van der Waals surface area contributed by atoms with E-state index in [0.29, 0.717) is 17.0 Å². The first-order valence-corrected chi connectivity index (χ1v) is 9.07.